The molecule has 0 atom stereocenters. The van der Waals surface area contributed by atoms with Crippen LogP contribution in [0.3, 0.4) is 0 Å². The van der Waals surface area contributed by atoms with Crippen LogP contribution in [0.5, 0.6) is 0 Å². The van der Waals surface area contributed by atoms with Crippen molar-refractivity contribution in [3.05, 3.63) is 41.1 Å². The summed E-state index contributed by atoms with van der Waals surface area (Å²) in [7, 11) is 0. The quantitative estimate of drug-likeness (QED) is 0.802. The van der Waals surface area contributed by atoms with Gasteiger partial charge in [0.2, 0.25) is 0 Å². The van der Waals surface area contributed by atoms with Gasteiger partial charge in [0.15, 0.2) is 0 Å². The number of allylic oxidation sites excluding steroid dienone is 1. The molecule has 1 aliphatic heterocycles. The second kappa shape index (κ2) is 5.07. The molecule has 1 amide bonds. The highest BCUT2D eigenvalue weighted by Crippen LogP contribution is 2.25. The molecule has 100 valence electrons. The molecule has 0 saturated carbocycles. The second-order valence-electron chi connectivity index (χ2n) is 5.31. The first-order valence-electron chi connectivity index (χ1n) is 6.17. The molecule has 2 rings (SSSR count). The Hall–Kier alpha value is -2.79. The molecule has 20 heavy (non-hydrogen) atoms. The maximum atomic E-state index is 11.9. The first-order chi connectivity index (χ1) is 9.45. The lowest BCUT2D eigenvalue weighted by molar-refractivity contribution is 0.0897. The number of nitriles is 2. The van der Waals surface area contributed by atoms with Crippen molar-refractivity contribution in [1.29, 1.82) is 10.5 Å². The summed E-state index contributed by atoms with van der Waals surface area (Å²) in [5.74, 6) is -0.0759. The van der Waals surface area contributed by atoms with E-state index in [1.807, 2.05) is 19.9 Å². The van der Waals surface area contributed by atoms with Crippen LogP contribution in [0, 0.1) is 22.7 Å². The van der Waals surface area contributed by atoms with Gasteiger partial charge in [-0.15, -0.1) is 0 Å². The monoisotopic (exact) mass is 266 g/mol. The number of anilines is 1. The smallest absolute Gasteiger partial charge is 0.251 e. The highest BCUT2D eigenvalue weighted by molar-refractivity contribution is 5.97. The standard InChI is InChI=1S/C15H14N4O/c1-15(2)6-11-5-12(18-9-10(7-16)8-17)3-4-13(11)14(20)19-15/h3-5,9,18H,6H2,1-2H3,(H,19,20). The van der Waals surface area contributed by atoms with E-state index in [0.29, 0.717) is 5.56 Å². The van der Waals surface area contributed by atoms with Gasteiger partial charge in [-0.2, -0.15) is 10.5 Å². The number of benzene rings is 1. The van der Waals surface area contributed by atoms with Crippen LogP contribution in [-0.2, 0) is 6.42 Å². The molecule has 2 N–H and O–H groups in total. The fourth-order valence-corrected chi connectivity index (χ4v) is 2.19. The maximum Gasteiger partial charge on any atom is 0.251 e. The van der Waals surface area contributed by atoms with Crippen LogP contribution in [0.1, 0.15) is 29.8 Å². The molecule has 1 aromatic carbocycles. The van der Waals surface area contributed by atoms with Gasteiger partial charge in [0, 0.05) is 23.0 Å². The van der Waals surface area contributed by atoms with Crippen molar-refractivity contribution in [3.63, 3.8) is 0 Å². The molecular weight excluding hydrogens is 252 g/mol. The summed E-state index contributed by atoms with van der Waals surface area (Å²) in [5, 5.41) is 23.2. The number of amides is 1. The molecule has 0 aromatic heterocycles. The van der Waals surface area contributed by atoms with Crippen molar-refractivity contribution >= 4 is 11.6 Å². The molecular formula is C15H14N4O. The molecule has 5 nitrogen and oxygen atoms in total. The minimum absolute atomic E-state index is 0.000735. The number of fused-ring (bicyclic) bond motifs is 1. The van der Waals surface area contributed by atoms with E-state index in [9.17, 15) is 4.79 Å². The summed E-state index contributed by atoms with van der Waals surface area (Å²) >= 11 is 0. The zero-order valence-corrected chi connectivity index (χ0v) is 11.3. The Morgan fingerprint density at radius 3 is 2.75 bits per heavy atom. The molecule has 1 heterocycles. The summed E-state index contributed by atoms with van der Waals surface area (Å²) in [4.78, 5) is 11.9. The molecule has 0 aliphatic carbocycles. The van der Waals surface area contributed by atoms with Gasteiger partial charge >= 0.3 is 0 Å². The second-order valence-corrected chi connectivity index (χ2v) is 5.31. The van der Waals surface area contributed by atoms with Crippen molar-refractivity contribution in [2.24, 2.45) is 0 Å². The number of carbonyl (C=O) groups is 1. The molecule has 0 fully saturated rings. The van der Waals surface area contributed by atoms with Gasteiger partial charge < -0.3 is 10.6 Å². The topological polar surface area (TPSA) is 88.7 Å². The largest absolute Gasteiger partial charge is 0.360 e. The van der Waals surface area contributed by atoms with Gasteiger partial charge in [-0.3, -0.25) is 4.79 Å². The van der Waals surface area contributed by atoms with E-state index in [1.54, 1.807) is 24.3 Å². The number of rotatable bonds is 2. The van der Waals surface area contributed by atoms with Crippen LogP contribution in [0.25, 0.3) is 0 Å². The molecule has 0 radical (unpaired) electrons. The van der Waals surface area contributed by atoms with Gasteiger partial charge in [0.25, 0.3) is 5.91 Å². The lowest BCUT2D eigenvalue weighted by atomic mass is 9.87. The average Bonchev–Trinajstić information content (AvgIpc) is 2.38. The normalized spacial score (nSPS) is 15.1. The molecule has 1 aromatic rings. The van der Waals surface area contributed by atoms with Gasteiger partial charge in [-0.25, -0.2) is 0 Å². The third kappa shape index (κ3) is 2.78. The lowest BCUT2D eigenvalue weighted by Gasteiger charge is -2.32. The van der Waals surface area contributed by atoms with Crippen LogP contribution in [0.4, 0.5) is 5.69 Å². The Balaban J connectivity index is 2.29. The van der Waals surface area contributed by atoms with Crippen LogP contribution >= 0.6 is 0 Å². The summed E-state index contributed by atoms with van der Waals surface area (Å²) in [5.41, 5.74) is 2.09. The highest BCUT2D eigenvalue weighted by Gasteiger charge is 2.29. The Morgan fingerprint density at radius 1 is 1.40 bits per heavy atom. The fraction of sp³-hybridized carbons (Fsp3) is 0.267. The highest BCUT2D eigenvalue weighted by atomic mass is 16.1. The van der Waals surface area contributed by atoms with E-state index in [1.165, 1.54) is 6.20 Å². The van der Waals surface area contributed by atoms with Crippen molar-refractivity contribution in [2.45, 2.75) is 25.8 Å². The predicted molar refractivity (Wildman–Crippen MR) is 74.6 cm³/mol. The predicted octanol–water partition coefficient (Wildman–Crippen LogP) is 2.09. The van der Waals surface area contributed by atoms with Crippen molar-refractivity contribution in [2.75, 3.05) is 5.32 Å². The van der Waals surface area contributed by atoms with E-state index in [-0.39, 0.29) is 17.0 Å². The number of hydrogen-bond donors (Lipinski definition) is 2. The Kier molecular flexibility index (Phi) is 3.45. The van der Waals surface area contributed by atoms with Crippen LogP contribution < -0.4 is 10.6 Å². The SMILES string of the molecule is CC1(C)Cc2cc(NC=C(C#N)C#N)ccc2C(=O)N1. The first kappa shape index (κ1) is 13.6. The summed E-state index contributed by atoms with van der Waals surface area (Å²) < 4.78 is 0. The minimum atomic E-state index is -0.275. The Bertz CT molecular complexity index is 658. The molecule has 0 bridgehead atoms. The fourth-order valence-electron chi connectivity index (χ4n) is 2.19. The van der Waals surface area contributed by atoms with Gasteiger partial charge in [-0.05, 0) is 44.0 Å². The summed E-state index contributed by atoms with van der Waals surface area (Å²) in [6, 6.07) is 8.92. The minimum Gasteiger partial charge on any atom is -0.360 e. The zero-order valence-electron chi connectivity index (χ0n) is 11.3. The third-order valence-electron chi connectivity index (χ3n) is 3.06. The maximum absolute atomic E-state index is 11.9. The van der Waals surface area contributed by atoms with Gasteiger partial charge in [-0.1, -0.05) is 0 Å². The molecule has 5 heteroatoms. The van der Waals surface area contributed by atoms with E-state index < -0.39 is 0 Å². The Morgan fingerprint density at radius 2 is 2.10 bits per heavy atom. The Labute approximate surface area is 117 Å². The van der Waals surface area contributed by atoms with E-state index in [4.69, 9.17) is 10.5 Å². The zero-order chi connectivity index (χ0) is 14.8. The molecule has 0 saturated heterocycles. The number of nitrogens with zero attached hydrogens (tertiary/aromatic N) is 2. The van der Waals surface area contributed by atoms with Gasteiger partial charge in [0.05, 0.1) is 0 Å². The van der Waals surface area contributed by atoms with E-state index >= 15 is 0 Å². The summed E-state index contributed by atoms with van der Waals surface area (Å²) in [6.45, 7) is 3.94. The molecule has 1 aliphatic rings. The van der Waals surface area contributed by atoms with Crippen molar-refractivity contribution in [3.8, 4) is 12.1 Å². The van der Waals surface area contributed by atoms with Crippen molar-refractivity contribution in [1.82, 2.24) is 5.32 Å². The number of nitrogens with one attached hydrogen (secondary N) is 2. The summed E-state index contributed by atoms with van der Waals surface area (Å²) in [6.07, 6.45) is 2.09. The van der Waals surface area contributed by atoms with E-state index in [0.717, 1.165) is 17.7 Å². The number of carbonyl (C=O) groups excluding carboxylic acids is 1. The van der Waals surface area contributed by atoms with Crippen molar-refractivity contribution < 1.29 is 4.79 Å². The average molecular weight is 266 g/mol. The van der Waals surface area contributed by atoms with Crippen LogP contribution in [0.2, 0.25) is 0 Å². The van der Waals surface area contributed by atoms with E-state index in [2.05, 4.69) is 10.6 Å². The third-order valence-corrected chi connectivity index (χ3v) is 3.06. The van der Waals surface area contributed by atoms with Crippen LogP contribution in [-0.4, -0.2) is 11.4 Å². The van der Waals surface area contributed by atoms with Crippen LogP contribution in [0.15, 0.2) is 30.0 Å². The first-order valence-corrected chi connectivity index (χ1v) is 6.17. The number of hydrogen-bond acceptors (Lipinski definition) is 4. The van der Waals surface area contributed by atoms with Gasteiger partial charge in [0.1, 0.15) is 17.7 Å². The lowest BCUT2D eigenvalue weighted by Crippen LogP contribution is -2.49. The molecule has 0 spiro atoms. The molecule has 0 unspecified atom stereocenters.